The Morgan fingerprint density at radius 1 is 1.15 bits per heavy atom. The maximum Gasteiger partial charge on any atom is 0.230 e. The number of carbonyl (C=O) groups excluding carboxylic acids is 1. The van der Waals surface area contributed by atoms with Gasteiger partial charge in [-0.25, -0.2) is 0 Å². The maximum atomic E-state index is 12.1. The summed E-state index contributed by atoms with van der Waals surface area (Å²) in [6.45, 7) is 4.38. The minimum Gasteiger partial charge on any atom is -0.393 e. The predicted molar refractivity (Wildman–Crippen MR) is 79.2 cm³/mol. The van der Waals surface area contributed by atoms with E-state index < -0.39 is 6.10 Å². The topological polar surface area (TPSA) is 40.5 Å². The lowest BCUT2D eigenvalue weighted by molar-refractivity contribution is -0.157. The van der Waals surface area contributed by atoms with E-state index in [2.05, 4.69) is 31.2 Å². The zero-order valence-corrected chi connectivity index (χ0v) is 11.8. The van der Waals surface area contributed by atoms with Crippen molar-refractivity contribution >= 4 is 16.7 Å². The fourth-order valence-corrected chi connectivity index (χ4v) is 2.97. The highest BCUT2D eigenvalue weighted by atomic mass is 16.3. The molecule has 20 heavy (non-hydrogen) atoms. The average Bonchev–Trinajstić information content (AvgIpc) is 2.44. The summed E-state index contributed by atoms with van der Waals surface area (Å²) < 4.78 is 0. The molecule has 1 saturated heterocycles. The van der Waals surface area contributed by atoms with E-state index in [0.717, 1.165) is 0 Å². The number of fused-ring (bicyclic) bond motifs is 1. The lowest BCUT2D eigenvalue weighted by atomic mass is 9.89. The molecule has 1 amide bonds. The number of aliphatic hydroxyl groups is 1. The summed E-state index contributed by atoms with van der Waals surface area (Å²) in [6.07, 6.45) is -0.557. The SMILES string of the molecule is CC(O)C1CN([C@H](C)c2cccc3ccccc23)C1=O. The van der Waals surface area contributed by atoms with Gasteiger partial charge in [0.05, 0.1) is 18.1 Å². The van der Waals surface area contributed by atoms with Crippen LogP contribution in [0.25, 0.3) is 10.8 Å². The van der Waals surface area contributed by atoms with E-state index in [1.54, 1.807) is 6.92 Å². The number of hydrogen-bond acceptors (Lipinski definition) is 2. The van der Waals surface area contributed by atoms with E-state index in [1.165, 1.54) is 16.3 Å². The first-order chi connectivity index (χ1) is 9.59. The zero-order chi connectivity index (χ0) is 14.3. The van der Waals surface area contributed by atoms with Crippen LogP contribution in [-0.4, -0.2) is 28.6 Å². The Morgan fingerprint density at radius 2 is 1.85 bits per heavy atom. The van der Waals surface area contributed by atoms with Crippen LogP contribution in [0.2, 0.25) is 0 Å². The van der Waals surface area contributed by atoms with Crippen molar-refractivity contribution in [3.8, 4) is 0 Å². The molecule has 1 aliphatic rings. The first kappa shape index (κ1) is 13.1. The highest BCUT2D eigenvalue weighted by molar-refractivity contribution is 5.89. The van der Waals surface area contributed by atoms with Gasteiger partial charge in [0, 0.05) is 6.54 Å². The van der Waals surface area contributed by atoms with Crippen LogP contribution >= 0.6 is 0 Å². The van der Waals surface area contributed by atoms with Gasteiger partial charge in [-0.1, -0.05) is 42.5 Å². The third-order valence-corrected chi connectivity index (χ3v) is 4.32. The molecule has 0 spiro atoms. The predicted octanol–water partition coefficient (Wildman–Crippen LogP) is 2.74. The summed E-state index contributed by atoms with van der Waals surface area (Å²) in [5.41, 5.74) is 1.17. The van der Waals surface area contributed by atoms with Gasteiger partial charge >= 0.3 is 0 Å². The number of amides is 1. The molecule has 0 aliphatic carbocycles. The number of β-lactam (4-membered cyclic amide) rings is 1. The normalized spacial score (nSPS) is 21.6. The second-order valence-electron chi connectivity index (χ2n) is 5.58. The van der Waals surface area contributed by atoms with E-state index in [0.29, 0.717) is 6.54 Å². The Kier molecular flexibility index (Phi) is 3.22. The highest BCUT2D eigenvalue weighted by Gasteiger charge is 2.42. The molecular formula is C17H19NO2. The molecule has 2 aromatic carbocycles. The summed E-state index contributed by atoms with van der Waals surface area (Å²) in [6, 6.07) is 14.5. The summed E-state index contributed by atoms with van der Waals surface area (Å²) in [7, 11) is 0. The Hall–Kier alpha value is -1.87. The molecule has 1 fully saturated rings. The van der Waals surface area contributed by atoms with Crippen LogP contribution in [0, 0.1) is 5.92 Å². The van der Waals surface area contributed by atoms with Gasteiger partial charge in [-0.15, -0.1) is 0 Å². The third-order valence-electron chi connectivity index (χ3n) is 4.32. The average molecular weight is 269 g/mol. The van der Waals surface area contributed by atoms with Crippen molar-refractivity contribution in [3.63, 3.8) is 0 Å². The van der Waals surface area contributed by atoms with Crippen molar-refractivity contribution in [3.05, 3.63) is 48.0 Å². The van der Waals surface area contributed by atoms with Crippen molar-refractivity contribution in [1.82, 2.24) is 4.90 Å². The number of benzene rings is 2. The molecule has 0 bridgehead atoms. The molecular weight excluding hydrogens is 250 g/mol. The second-order valence-corrected chi connectivity index (χ2v) is 5.58. The number of rotatable bonds is 3. The monoisotopic (exact) mass is 269 g/mol. The molecule has 104 valence electrons. The van der Waals surface area contributed by atoms with Gasteiger partial charge in [-0.3, -0.25) is 4.79 Å². The van der Waals surface area contributed by atoms with Gasteiger partial charge in [0.15, 0.2) is 0 Å². The third kappa shape index (κ3) is 1.98. The molecule has 0 saturated carbocycles. The van der Waals surface area contributed by atoms with Crippen LogP contribution in [0.4, 0.5) is 0 Å². The van der Waals surface area contributed by atoms with Crippen LogP contribution in [0.15, 0.2) is 42.5 Å². The first-order valence-corrected chi connectivity index (χ1v) is 7.06. The molecule has 1 N–H and O–H groups in total. The molecule has 3 rings (SSSR count). The van der Waals surface area contributed by atoms with Crippen LogP contribution in [0.5, 0.6) is 0 Å². The minimum absolute atomic E-state index is 0.0450. The smallest absolute Gasteiger partial charge is 0.230 e. The van der Waals surface area contributed by atoms with E-state index in [9.17, 15) is 9.90 Å². The number of hydrogen-bond donors (Lipinski definition) is 1. The largest absolute Gasteiger partial charge is 0.393 e. The lowest BCUT2D eigenvalue weighted by Crippen LogP contribution is -2.56. The molecule has 3 atom stereocenters. The lowest BCUT2D eigenvalue weighted by Gasteiger charge is -2.44. The molecule has 3 heteroatoms. The fourth-order valence-electron chi connectivity index (χ4n) is 2.97. The van der Waals surface area contributed by atoms with E-state index >= 15 is 0 Å². The van der Waals surface area contributed by atoms with Crippen LogP contribution in [0.1, 0.15) is 25.5 Å². The molecule has 3 nitrogen and oxygen atoms in total. The van der Waals surface area contributed by atoms with Crippen molar-refractivity contribution in [1.29, 1.82) is 0 Å². The van der Waals surface area contributed by atoms with Gasteiger partial charge in [-0.05, 0) is 30.2 Å². The highest BCUT2D eigenvalue weighted by Crippen LogP contribution is 2.34. The van der Waals surface area contributed by atoms with Crippen molar-refractivity contribution < 1.29 is 9.90 Å². The van der Waals surface area contributed by atoms with Crippen LogP contribution in [-0.2, 0) is 4.79 Å². The summed E-state index contributed by atoms with van der Waals surface area (Å²) >= 11 is 0. The molecule has 0 radical (unpaired) electrons. The Morgan fingerprint density at radius 3 is 2.55 bits per heavy atom. The first-order valence-electron chi connectivity index (χ1n) is 7.06. The van der Waals surface area contributed by atoms with Gasteiger partial charge < -0.3 is 10.0 Å². The quantitative estimate of drug-likeness (QED) is 0.870. The van der Waals surface area contributed by atoms with Crippen molar-refractivity contribution in [2.24, 2.45) is 5.92 Å². The Bertz CT molecular complexity index is 645. The van der Waals surface area contributed by atoms with E-state index in [1.807, 2.05) is 23.1 Å². The summed E-state index contributed by atoms with van der Waals surface area (Å²) in [5, 5.41) is 11.9. The molecule has 1 aliphatic heterocycles. The summed E-state index contributed by atoms with van der Waals surface area (Å²) in [4.78, 5) is 14.0. The molecule has 1 heterocycles. The van der Waals surface area contributed by atoms with Gasteiger partial charge in [-0.2, -0.15) is 0 Å². The Labute approximate surface area is 118 Å². The molecule has 2 aromatic rings. The second kappa shape index (κ2) is 4.91. The van der Waals surface area contributed by atoms with Gasteiger partial charge in [0.2, 0.25) is 5.91 Å². The van der Waals surface area contributed by atoms with E-state index in [4.69, 9.17) is 0 Å². The van der Waals surface area contributed by atoms with Crippen LogP contribution < -0.4 is 0 Å². The minimum atomic E-state index is -0.557. The standard InChI is InChI=1S/C17H19NO2/c1-11(18-10-16(12(2)19)17(18)20)14-9-5-7-13-6-3-4-8-15(13)14/h3-9,11-12,16,19H,10H2,1-2H3/t11-,12?,16?/m1/s1. The molecule has 2 unspecified atom stereocenters. The zero-order valence-electron chi connectivity index (χ0n) is 11.8. The molecule has 0 aromatic heterocycles. The van der Waals surface area contributed by atoms with Gasteiger partial charge in [0.25, 0.3) is 0 Å². The van der Waals surface area contributed by atoms with Gasteiger partial charge in [0.1, 0.15) is 0 Å². The number of nitrogens with zero attached hydrogens (tertiary/aromatic N) is 1. The van der Waals surface area contributed by atoms with Crippen LogP contribution in [0.3, 0.4) is 0 Å². The maximum absolute atomic E-state index is 12.1. The number of carbonyl (C=O) groups is 1. The fraction of sp³-hybridized carbons (Fsp3) is 0.353. The number of aliphatic hydroxyl groups excluding tert-OH is 1. The van der Waals surface area contributed by atoms with Crippen molar-refractivity contribution in [2.75, 3.05) is 6.54 Å². The number of likely N-dealkylation sites (tertiary alicyclic amines) is 1. The van der Waals surface area contributed by atoms with E-state index in [-0.39, 0.29) is 17.9 Å². The van der Waals surface area contributed by atoms with Crippen molar-refractivity contribution in [2.45, 2.75) is 26.0 Å². The summed E-state index contributed by atoms with van der Waals surface area (Å²) in [5.74, 6) is -0.173. The Balaban J connectivity index is 1.91.